The molecule has 0 spiro atoms. The average molecular weight is 358 g/mol. The number of anilines is 1. The summed E-state index contributed by atoms with van der Waals surface area (Å²) >= 11 is 0. The number of rotatable bonds is 3. The molecule has 0 bridgehead atoms. The number of nitrogens with one attached hydrogen (secondary N) is 2. The van der Waals surface area contributed by atoms with Crippen molar-refractivity contribution in [2.75, 3.05) is 5.32 Å². The molecule has 4 nitrogen and oxygen atoms in total. The number of H-pyrrole nitrogens is 1. The van der Waals surface area contributed by atoms with E-state index in [0.29, 0.717) is 11.1 Å². The number of fused-ring (bicyclic) bond motifs is 1. The van der Waals surface area contributed by atoms with Crippen LogP contribution in [-0.2, 0) is 11.0 Å². The lowest BCUT2D eigenvalue weighted by molar-refractivity contribution is -0.137. The zero-order valence-corrected chi connectivity index (χ0v) is 13.3. The van der Waals surface area contributed by atoms with Gasteiger partial charge in [0.25, 0.3) is 5.56 Å². The predicted molar refractivity (Wildman–Crippen MR) is 93.7 cm³/mol. The second-order valence-electron chi connectivity index (χ2n) is 5.54. The first-order valence-corrected chi connectivity index (χ1v) is 7.61. The van der Waals surface area contributed by atoms with Gasteiger partial charge in [-0.05, 0) is 47.9 Å². The number of hydrogen-bond donors (Lipinski definition) is 2. The molecule has 0 aliphatic carbocycles. The number of amides is 1. The first kappa shape index (κ1) is 17.5. The van der Waals surface area contributed by atoms with Gasteiger partial charge in [0.2, 0.25) is 5.91 Å². The quantitative estimate of drug-likeness (QED) is 0.690. The highest BCUT2D eigenvalue weighted by atomic mass is 19.4. The number of pyridine rings is 1. The number of para-hydroxylation sites is 1. The minimum atomic E-state index is -4.43. The van der Waals surface area contributed by atoms with E-state index in [-0.39, 0.29) is 11.2 Å². The highest BCUT2D eigenvalue weighted by molar-refractivity contribution is 6.02. The van der Waals surface area contributed by atoms with Crippen LogP contribution in [0.5, 0.6) is 0 Å². The van der Waals surface area contributed by atoms with Gasteiger partial charge >= 0.3 is 6.18 Å². The zero-order chi connectivity index (χ0) is 18.7. The molecule has 1 heterocycles. The van der Waals surface area contributed by atoms with Gasteiger partial charge in [-0.1, -0.05) is 18.2 Å². The fourth-order valence-corrected chi connectivity index (χ4v) is 2.38. The SMILES string of the molecule is O=C(/C=C/c1cc2ccccc2[nH]c1=O)Nc1ccc(C(F)(F)F)cc1. The Balaban J connectivity index is 1.74. The van der Waals surface area contributed by atoms with Crippen LogP contribution in [0.15, 0.2) is 65.5 Å². The van der Waals surface area contributed by atoms with E-state index in [4.69, 9.17) is 0 Å². The van der Waals surface area contributed by atoms with Crippen LogP contribution in [0.1, 0.15) is 11.1 Å². The fraction of sp³-hybridized carbons (Fsp3) is 0.0526. The van der Waals surface area contributed by atoms with Crippen LogP contribution in [0.3, 0.4) is 0 Å². The summed E-state index contributed by atoms with van der Waals surface area (Å²) in [5.41, 5.74) is 0.0613. The topological polar surface area (TPSA) is 62.0 Å². The Morgan fingerprint density at radius 3 is 2.42 bits per heavy atom. The number of halogens is 3. The number of benzene rings is 2. The molecule has 0 aliphatic heterocycles. The summed E-state index contributed by atoms with van der Waals surface area (Å²) in [6.07, 6.45) is -1.93. The van der Waals surface area contributed by atoms with Crippen LogP contribution in [0.2, 0.25) is 0 Å². The average Bonchev–Trinajstić information content (AvgIpc) is 2.59. The number of hydrogen-bond acceptors (Lipinski definition) is 2. The third-order valence-corrected chi connectivity index (χ3v) is 3.68. The van der Waals surface area contributed by atoms with E-state index in [9.17, 15) is 22.8 Å². The summed E-state index contributed by atoms with van der Waals surface area (Å²) in [5, 5.41) is 3.26. The Bertz CT molecular complexity index is 1040. The van der Waals surface area contributed by atoms with Gasteiger partial charge in [-0.2, -0.15) is 13.2 Å². The number of carbonyl (C=O) groups excluding carboxylic acids is 1. The number of carbonyl (C=O) groups is 1. The zero-order valence-electron chi connectivity index (χ0n) is 13.3. The van der Waals surface area contributed by atoms with E-state index in [1.165, 1.54) is 6.08 Å². The van der Waals surface area contributed by atoms with E-state index in [2.05, 4.69) is 10.3 Å². The minimum Gasteiger partial charge on any atom is -0.323 e. The van der Waals surface area contributed by atoms with Gasteiger partial charge in [0, 0.05) is 22.8 Å². The van der Waals surface area contributed by atoms with Crippen molar-refractivity contribution in [1.82, 2.24) is 4.98 Å². The van der Waals surface area contributed by atoms with E-state index < -0.39 is 17.6 Å². The van der Waals surface area contributed by atoms with Crippen molar-refractivity contribution in [2.24, 2.45) is 0 Å². The number of aromatic amines is 1. The molecular formula is C19H13F3N2O2. The lowest BCUT2D eigenvalue weighted by Crippen LogP contribution is -2.11. The molecule has 0 fully saturated rings. The summed E-state index contributed by atoms with van der Waals surface area (Å²) in [6.45, 7) is 0. The van der Waals surface area contributed by atoms with Crippen molar-refractivity contribution in [1.29, 1.82) is 0 Å². The molecular weight excluding hydrogens is 345 g/mol. The molecule has 0 aliphatic rings. The lowest BCUT2D eigenvalue weighted by atomic mass is 10.1. The summed E-state index contributed by atoms with van der Waals surface area (Å²) in [7, 11) is 0. The molecule has 2 N–H and O–H groups in total. The molecule has 3 rings (SSSR count). The van der Waals surface area contributed by atoms with Gasteiger partial charge in [-0.15, -0.1) is 0 Å². The van der Waals surface area contributed by atoms with Crippen molar-refractivity contribution in [3.63, 3.8) is 0 Å². The molecule has 0 radical (unpaired) electrons. The maximum Gasteiger partial charge on any atom is 0.416 e. The number of alkyl halides is 3. The van der Waals surface area contributed by atoms with Crippen molar-refractivity contribution in [3.05, 3.63) is 82.2 Å². The Labute approximate surface area is 146 Å². The van der Waals surface area contributed by atoms with Crippen LogP contribution in [0.4, 0.5) is 18.9 Å². The Kier molecular flexibility index (Phi) is 4.62. The second kappa shape index (κ2) is 6.87. The predicted octanol–water partition coefficient (Wildman–Crippen LogP) is 4.20. The Hall–Kier alpha value is -3.35. The molecule has 3 aromatic rings. The van der Waals surface area contributed by atoms with Crippen LogP contribution in [0, 0.1) is 0 Å². The van der Waals surface area contributed by atoms with Crippen molar-refractivity contribution >= 4 is 28.6 Å². The summed E-state index contributed by atoms with van der Waals surface area (Å²) in [6, 6.07) is 13.0. The van der Waals surface area contributed by atoms with Crippen molar-refractivity contribution < 1.29 is 18.0 Å². The third-order valence-electron chi connectivity index (χ3n) is 3.68. The minimum absolute atomic E-state index is 0.222. The lowest BCUT2D eigenvalue weighted by Gasteiger charge is -2.07. The smallest absolute Gasteiger partial charge is 0.323 e. The first-order chi connectivity index (χ1) is 12.3. The van der Waals surface area contributed by atoms with Crippen LogP contribution in [0.25, 0.3) is 17.0 Å². The van der Waals surface area contributed by atoms with Gasteiger partial charge in [0.1, 0.15) is 0 Å². The monoisotopic (exact) mass is 358 g/mol. The third kappa shape index (κ3) is 4.00. The molecule has 0 saturated heterocycles. The Morgan fingerprint density at radius 1 is 1.04 bits per heavy atom. The first-order valence-electron chi connectivity index (χ1n) is 7.61. The molecule has 1 amide bonds. The fourth-order valence-electron chi connectivity index (χ4n) is 2.38. The molecule has 26 heavy (non-hydrogen) atoms. The van der Waals surface area contributed by atoms with Gasteiger partial charge < -0.3 is 10.3 Å². The maximum atomic E-state index is 12.5. The van der Waals surface area contributed by atoms with Gasteiger partial charge in [-0.3, -0.25) is 9.59 Å². The molecule has 2 aromatic carbocycles. The number of aromatic nitrogens is 1. The molecule has 0 unspecified atom stereocenters. The molecule has 0 saturated carbocycles. The highest BCUT2D eigenvalue weighted by Crippen LogP contribution is 2.29. The maximum absolute atomic E-state index is 12.5. The van der Waals surface area contributed by atoms with E-state index >= 15 is 0 Å². The van der Waals surface area contributed by atoms with Crippen LogP contribution < -0.4 is 10.9 Å². The molecule has 0 atom stereocenters. The Morgan fingerprint density at radius 2 is 1.73 bits per heavy atom. The molecule has 132 valence electrons. The van der Waals surface area contributed by atoms with Crippen molar-refractivity contribution in [3.8, 4) is 0 Å². The van der Waals surface area contributed by atoms with Gasteiger partial charge in [0.15, 0.2) is 0 Å². The second-order valence-corrected chi connectivity index (χ2v) is 5.54. The van der Waals surface area contributed by atoms with Gasteiger partial charge in [0.05, 0.1) is 5.56 Å². The van der Waals surface area contributed by atoms with Crippen LogP contribution in [-0.4, -0.2) is 10.9 Å². The normalized spacial score (nSPS) is 11.8. The van der Waals surface area contributed by atoms with Crippen molar-refractivity contribution in [2.45, 2.75) is 6.18 Å². The summed E-state index contributed by atoms with van der Waals surface area (Å²) in [4.78, 5) is 26.6. The molecule has 7 heteroatoms. The van der Waals surface area contributed by atoms with E-state index in [0.717, 1.165) is 35.7 Å². The van der Waals surface area contributed by atoms with Gasteiger partial charge in [-0.25, -0.2) is 0 Å². The van der Waals surface area contributed by atoms with E-state index in [1.54, 1.807) is 18.2 Å². The summed E-state index contributed by atoms with van der Waals surface area (Å²) in [5.74, 6) is -0.558. The molecule has 1 aromatic heterocycles. The van der Waals surface area contributed by atoms with E-state index in [1.807, 2.05) is 12.1 Å². The summed E-state index contributed by atoms with van der Waals surface area (Å²) < 4.78 is 37.5. The standard InChI is InChI=1S/C19H13F3N2O2/c20-19(21,22)14-6-8-15(9-7-14)23-17(25)10-5-13-11-12-3-1-2-4-16(12)24-18(13)26/h1-11H,(H,23,25)(H,24,26)/b10-5+. The largest absolute Gasteiger partial charge is 0.416 e. The van der Waals surface area contributed by atoms with Crippen LogP contribution >= 0.6 is 0 Å². The highest BCUT2D eigenvalue weighted by Gasteiger charge is 2.29.